The summed E-state index contributed by atoms with van der Waals surface area (Å²) < 4.78 is 24.3. The molecule has 1 aromatic heterocycles. The van der Waals surface area contributed by atoms with Crippen molar-refractivity contribution in [2.24, 2.45) is 0 Å². The summed E-state index contributed by atoms with van der Waals surface area (Å²) in [6.45, 7) is 1.47. The number of alkyl halides is 2. The fourth-order valence-electron chi connectivity index (χ4n) is 0.940. The van der Waals surface area contributed by atoms with E-state index in [2.05, 4.69) is 4.98 Å². The van der Waals surface area contributed by atoms with E-state index >= 15 is 0 Å². The van der Waals surface area contributed by atoms with Crippen molar-refractivity contribution in [3.05, 3.63) is 33.2 Å². The summed E-state index contributed by atoms with van der Waals surface area (Å²) in [4.78, 5) is 23.4. The molecule has 1 aromatic rings. The molecule has 5 heteroatoms. The third-order valence-corrected chi connectivity index (χ3v) is 1.67. The van der Waals surface area contributed by atoms with Gasteiger partial charge in [0.2, 0.25) is 0 Å². The van der Waals surface area contributed by atoms with Gasteiger partial charge >= 0.3 is 0 Å². The lowest BCUT2D eigenvalue weighted by Gasteiger charge is -2.01. The van der Waals surface area contributed by atoms with Crippen LogP contribution in [0.15, 0.2) is 10.9 Å². The molecule has 13 heavy (non-hydrogen) atoms. The Morgan fingerprint density at radius 2 is 2.15 bits per heavy atom. The van der Waals surface area contributed by atoms with Crippen LogP contribution in [0.2, 0.25) is 0 Å². The summed E-state index contributed by atoms with van der Waals surface area (Å²) in [6.07, 6.45) is -2.43. The molecule has 1 heterocycles. The highest BCUT2D eigenvalue weighted by molar-refractivity contribution is 5.76. The van der Waals surface area contributed by atoms with Crippen LogP contribution in [0.1, 0.15) is 28.0 Å². The Balaban J connectivity index is 3.39. The molecule has 0 aliphatic rings. The maximum atomic E-state index is 12.1. The molecule has 1 N–H and O–H groups in total. The van der Waals surface area contributed by atoms with Gasteiger partial charge in [-0.15, -0.1) is 0 Å². The van der Waals surface area contributed by atoms with Crippen molar-refractivity contribution in [1.29, 1.82) is 0 Å². The molecular formula is C8H7F2NO2. The number of H-pyrrole nitrogens is 1. The number of halogens is 2. The number of carbonyl (C=O) groups excluding carboxylic acids is 1. The predicted octanol–water partition coefficient (Wildman–Crippen LogP) is 1.43. The highest BCUT2D eigenvalue weighted by Gasteiger charge is 2.13. The van der Waals surface area contributed by atoms with Crippen molar-refractivity contribution < 1.29 is 13.6 Å². The van der Waals surface area contributed by atoms with Crippen LogP contribution in [-0.2, 0) is 0 Å². The second kappa shape index (κ2) is 3.47. The van der Waals surface area contributed by atoms with Gasteiger partial charge in [-0.05, 0) is 13.0 Å². The van der Waals surface area contributed by atoms with Crippen LogP contribution in [0.25, 0.3) is 0 Å². The van der Waals surface area contributed by atoms with Crippen LogP contribution >= 0.6 is 0 Å². The first kappa shape index (κ1) is 9.57. The fraction of sp³-hybridized carbons (Fsp3) is 0.250. The highest BCUT2D eigenvalue weighted by atomic mass is 19.3. The van der Waals surface area contributed by atoms with Crippen molar-refractivity contribution in [2.45, 2.75) is 13.3 Å². The highest BCUT2D eigenvalue weighted by Crippen LogP contribution is 2.15. The lowest BCUT2D eigenvalue weighted by molar-refractivity contribution is 0.112. The molecule has 0 unspecified atom stereocenters. The average Bonchev–Trinajstić information content (AvgIpc) is 2.03. The molecule has 0 spiro atoms. The largest absolute Gasteiger partial charge is 0.325 e. The van der Waals surface area contributed by atoms with Crippen molar-refractivity contribution >= 4 is 6.29 Å². The Morgan fingerprint density at radius 3 is 2.62 bits per heavy atom. The van der Waals surface area contributed by atoms with Crippen LogP contribution < -0.4 is 5.56 Å². The van der Waals surface area contributed by atoms with Gasteiger partial charge in [-0.2, -0.15) is 0 Å². The normalized spacial score (nSPS) is 10.5. The molecule has 3 nitrogen and oxygen atoms in total. The van der Waals surface area contributed by atoms with Gasteiger partial charge in [-0.1, -0.05) is 0 Å². The molecule has 0 saturated heterocycles. The maximum Gasteiger partial charge on any atom is 0.269 e. The zero-order valence-corrected chi connectivity index (χ0v) is 6.80. The van der Waals surface area contributed by atoms with Gasteiger partial charge in [0.25, 0.3) is 12.0 Å². The van der Waals surface area contributed by atoms with E-state index in [0.29, 0.717) is 12.0 Å². The minimum Gasteiger partial charge on any atom is -0.325 e. The minimum atomic E-state index is -2.86. The lowest BCUT2D eigenvalue weighted by Crippen LogP contribution is -2.15. The molecule has 0 saturated carbocycles. The molecular weight excluding hydrogens is 180 g/mol. The van der Waals surface area contributed by atoms with Gasteiger partial charge in [-0.25, -0.2) is 8.78 Å². The van der Waals surface area contributed by atoms with Crippen molar-refractivity contribution in [3.8, 4) is 0 Å². The Morgan fingerprint density at radius 1 is 1.54 bits per heavy atom. The number of aromatic nitrogens is 1. The minimum absolute atomic E-state index is 0.0786. The van der Waals surface area contributed by atoms with Gasteiger partial charge in [0, 0.05) is 11.3 Å². The molecule has 1 rings (SSSR count). The van der Waals surface area contributed by atoms with Crippen LogP contribution in [0.5, 0.6) is 0 Å². The standard InChI is InChI=1S/C8H7F2NO2/c1-4-5(3-12)2-6(7(9)10)8(13)11-4/h2-3,7H,1H3,(H,11,13). The first-order chi connectivity index (χ1) is 6.06. The maximum absolute atomic E-state index is 12.1. The lowest BCUT2D eigenvalue weighted by atomic mass is 10.1. The van der Waals surface area contributed by atoms with E-state index in [9.17, 15) is 18.4 Å². The summed E-state index contributed by atoms with van der Waals surface area (Å²) in [5, 5.41) is 0. The van der Waals surface area contributed by atoms with Crippen LogP contribution in [0.4, 0.5) is 8.78 Å². The predicted molar refractivity (Wildman–Crippen MR) is 42.1 cm³/mol. The molecule has 0 aliphatic heterocycles. The molecule has 0 fully saturated rings. The van der Waals surface area contributed by atoms with Crippen LogP contribution in [-0.4, -0.2) is 11.3 Å². The fourth-order valence-corrected chi connectivity index (χ4v) is 0.940. The Hall–Kier alpha value is -1.52. The number of hydrogen-bond donors (Lipinski definition) is 1. The van der Waals surface area contributed by atoms with E-state index < -0.39 is 17.5 Å². The number of rotatable bonds is 2. The molecule has 0 aliphatic carbocycles. The topological polar surface area (TPSA) is 49.9 Å². The number of hydrogen-bond acceptors (Lipinski definition) is 2. The molecule has 0 radical (unpaired) electrons. The Bertz CT molecular complexity index is 384. The van der Waals surface area contributed by atoms with Gasteiger partial charge < -0.3 is 4.98 Å². The monoisotopic (exact) mass is 187 g/mol. The van der Waals surface area contributed by atoms with Gasteiger partial charge in [0.05, 0.1) is 5.56 Å². The quantitative estimate of drug-likeness (QED) is 0.712. The zero-order chi connectivity index (χ0) is 10.0. The molecule has 0 bridgehead atoms. The molecule has 0 amide bonds. The number of carbonyl (C=O) groups is 1. The van der Waals surface area contributed by atoms with E-state index in [0.717, 1.165) is 6.07 Å². The van der Waals surface area contributed by atoms with Gasteiger partial charge in [0.15, 0.2) is 6.29 Å². The number of aryl methyl sites for hydroxylation is 1. The van der Waals surface area contributed by atoms with E-state index in [1.165, 1.54) is 6.92 Å². The first-order valence-electron chi connectivity index (χ1n) is 3.53. The van der Waals surface area contributed by atoms with E-state index in [-0.39, 0.29) is 5.56 Å². The number of pyridine rings is 1. The summed E-state index contributed by atoms with van der Waals surface area (Å²) in [6, 6.07) is 0.909. The number of aromatic amines is 1. The summed E-state index contributed by atoms with van der Waals surface area (Å²) in [5.74, 6) is 0. The third-order valence-electron chi connectivity index (χ3n) is 1.67. The summed E-state index contributed by atoms with van der Waals surface area (Å²) in [7, 11) is 0. The second-order valence-electron chi connectivity index (χ2n) is 2.55. The van der Waals surface area contributed by atoms with Crippen molar-refractivity contribution in [1.82, 2.24) is 4.98 Å². The third kappa shape index (κ3) is 1.80. The van der Waals surface area contributed by atoms with Crippen LogP contribution in [0.3, 0.4) is 0 Å². The summed E-state index contributed by atoms with van der Waals surface area (Å²) in [5.41, 5.74) is -1.15. The van der Waals surface area contributed by atoms with Gasteiger partial charge in [-0.3, -0.25) is 9.59 Å². The van der Waals surface area contributed by atoms with Crippen molar-refractivity contribution in [3.63, 3.8) is 0 Å². The zero-order valence-electron chi connectivity index (χ0n) is 6.80. The second-order valence-corrected chi connectivity index (χ2v) is 2.55. The Kier molecular flexibility index (Phi) is 2.55. The van der Waals surface area contributed by atoms with E-state index in [1.807, 2.05) is 0 Å². The summed E-state index contributed by atoms with van der Waals surface area (Å²) >= 11 is 0. The van der Waals surface area contributed by atoms with E-state index in [4.69, 9.17) is 0 Å². The Labute approximate surface area is 72.4 Å². The number of nitrogens with one attached hydrogen (secondary N) is 1. The first-order valence-corrected chi connectivity index (χ1v) is 3.53. The van der Waals surface area contributed by atoms with Gasteiger partial charge in [0.1, 0.15) is 0 Å². The van der Waals surface area contributed by atoms with E-state index in [1.54, 1.807) is 0 Å². The smallest absolute Gasteiger partial charge is 0.269 e. The molecule has 0 atom stereocenters. The van der Waals surface area contributed by atoms with Crippen molar-refractivity contribution in [2.75, 3.05) is 0 Å². The molecule has 70 valence electrons. The average molecular weight is 187 g/mol. The van der Waals surface area contributed by atoms with Crippen LogP contribution in [0, 0.1) is 6.92 Å². The SMILES string of the molecule is Cc1[nH]c(=O)c(C(F)F)cc1C=O. The molecule has 0 aromatic carbocycles. The number of aldehydes is 1.